The van der Waals surface area contributed by atoms with Gasteiger partial charge in [-0.15, -0.1) is 6.58 Å². The Kier molecular flexibility index (Phi) is 5.18. The first kappa shape index (κ1) is 11.7. The first-order chi connectivity index (χ1) is 5.63. The Hall–Kier alpha value is -0.340. The predicted molar refractivity (Wildman–Crippen MR) is 51.1 cm³/mol. The minimum absolute atomic E-state index is 0.0784. The molecular formula is C10H20O2. The van der Waals surface area contributed by atoms with Crippen LogP contribution in [0.3, 0.4) is 0 Å². The van der Waals surface area contributed by atoms with Crippen LogP contribution >= 0.6 is 0 Å². The largest absolute Gasteiger partial charge is 0.393 e. The Bertz CT molecular complexity index is 126. The molecule has 0 aliphatic carbocycles. The molecule has 0 rings (SSSR count). The van der Waals surface area contributed by atoms with Crippen molar-refractivity contribution in [3.05, 3.63) is 12.7 Å². The number of hydrogen-bond donors (Lipinski definition) is 1. The smallest absolute Gasteiger partial charge is 0.0933 e. The van der Waals surface area contributed by atoms with Crippen LogP contribution in [0.2, 0.25) is 0 Å². The Morgan fingerprint density at radius 1 is 1.58 bits per heavy atom. The van der Waals surface area contributed by atoms with Gasteiger partial charge in [0, 0.05) is 7.11 Å². The lowest BCUT2D eigenvalue weighted by molar-refractivity contribution is -0.0889. The number of aliphatic hydroxyl groups is 1. The molecule has 0 aromatic heterocycles. The first-order valence-electron chi connectivity index (χ1n) is 4.40. The SMILES string of the molecule is C=CCC[C@](CO)(OC)C(C)C. The van der Waals surface area contributed by atoms with Crippen molar-refractivity contribution in [1.29, 1.82) is 0 Å². The highest BCUT2D eigenvalue weighted by atomic mass is 16.5. The average molecular weight is 172 g/mol. The van der Waals surface area contributed by atoms with E-state index in [-0.39, 0.29) is 12.2 Å². The zero-order valence-electron chi connectivity index (χ0n) is 8.34. The van der Waals surface area contributed by atoms with E-state index >= 15 is 0 Å². The zero-order valence-corrected chi connectivity index (χ0v) is 8.34. The second-order valence-corrected chi connectivity index (χ2v) is 3.41. The maximum atomic E-state index is 9.21. The molecule has 2 heteroatoms. The molecule has 0 aromatic carbocycles. The van der Waals surface area contributed by atoms with Crippen LogP contribution in [0, 0.1) is 5.92 Å². The van der Waals surface area contributed by atoms with E-state index in [0.29, 0.717) is 5.92 Å². The quantitative estimate of drug-likeness (QED) is 0.621. The molecule has 0 fully saturated rings. The first-order valence-corrected chi connectivity index (χ1v) is 4.40. The maximum Gasteiger partial charge on any atom is 0.0933 e. The molecule has 0 amide bonds. The Morgan fingerprint density at radius 2 is 2.17 bits per heavy atom. The Morgan fingerprint density at radius 3 is 2.42 bits per heavy atom. The zero-order chi connectivity index (χ0) is 9.61. The number of hydrogen-bond acceptors (Lipinski definition) is 2. The molecule has 12 heavy (non-hydrogen) atoms. The fourth-order valence-corrected chi connectivity index (χ4v) is 1.30. The van der Waals surface area contributed by atoms with Gasteiger partial charge in [-0.25, -0.2) is 0 Å². The summed E-state index contributed by atoms with van der Waals surface area (Å²) in [4.78, 5) is 0. The third kappa shape index (κ3) is 2.61. The van der Waals surface area contributed by atoms with Gasteiger partial charge in [0.25, 0.3) is 0 Å². The third-order valence-corrected chi connectivity index (χ3v) is 2.50. The number of aliphatic hydroxyl groups excluding tert-OH is 1. The number of ether oxygens (including phenoxy) is 1. The van der Waals surface area contributed by atoms with Crippen LogP contribution in [-0.4, -0.2) is 24.4 Å². The second kappa shape index (κ2) is 5.33. The minimum atomic E-state index is -0.381. The number of methoxy groups -OCH3 is 1. The second-order valence-electron chi connectivity index (χ2n) is 3.41. The summed E-state index contributed by atoms with van der Waals surface area (Å²) in [6.07, 6.45) is 3.57. The lowest BCUT2D eigenvalue weighted by atomic mass is 9.86. The Labute approximate surface area is 75.2 Å². The van der Waals surface area contributed by atoms with Crippen LogP contribution in [0.15, 0.2) is 12.7 Å². The molecule has 0 saturated carbocycles. The summed E-state index contributed by atoms with van der Waals surface area (Å²) in [5, 5.41) is 9.21. The van der Waals surface area contributed by atoms with Gasteiger partial charge in [0.15, 0.2) is 0 Å². The monoisotopic (exact) mass is 172 g/mol. The molecule has 0 aliphatic heterocycles. The molecule has 1 N–H and O–H groups in total. The molecule has 0 aromatic rings. The van der Waals surface area contributed by atoms with Gasteiger partial charge in [-0.2, -0.15) is 0 Å². The lowest BCUT2D eigenvalue weighted by Gasteiger charge is -2.34. The average Bonchev–Trinajstić information content (AvgIpc) is 2.07. The topological polar surface area (TPSA) is 29.5 Å². The summed E-state index contributed by atoms with van der Waals surface area (Å²) in [6.45, 7) is 7.85. The molecule has 0 radical (unpaired) electrons. The maximum absolute atomic E-state index is 9.21. The summed E-state index contributed by atoms with van der Waals surface area (Å²) < 4.78 is 5.35. The van der Waals surface area contributed by atoms with Gasteiger partial charge >= 0.3 is 0 Å². The predicted octanol–water partition coefficient (Wildman–Crippen LogP) is 1.99. The van der Waals surface area contributed by atoms with Crippen molar-refractivity contribution in [3.8, 4) is 0 Å². The van der Waals surface area contributed by atoms with Crippen LogP contribution in [0.25, 0.3) is 0 Å². The van der Waals surface area contributed by atoms with Crippen molar-refractivity contribution in [2.24, 2.45) is 5.92 Å². The molecular weight excluding hydrogens is 152 g/mol. The normalized spacial score (nSPS) is 16.1. The summed E-state index contributed by atoms with van der Waals surface area (Å²) in [5.74, 6) is 0.326. The van der Waals surface area contributed by atoms with Crippen LogP contribution in [0.5, 0.6) is 0 Å². The van der Waals surface area contributed by atoms with Gasteiger partial charge in [-0.3, -0.25) is 0 Å². The van der Waals surface area contributed by atoms with E-state index in [1.807, 2.05) is 6.08 Å². The molecule has 0 heterocycles. The van der Waals surface area contributed by atoms with Crippen molar-refractivity contribution in [3.63, 3.8) is 0 Å². The van der Waals surface area contributed by atoms with E-state index in [2.05, 4.69) is 20.4 Å². The van der Waals surface area contributed by atoms with Crippen LogP contribution in [-0.2, 0) is 4.74 Å². The summed E-state index contributed by atoms with van der Waals surface area (Å²) in [5.41, 5.74) is -0.381. The van der Waals surface area contributed by atoms with E-state index in [0.717, 1.165) is 12.8 Å². The van der Waals surface area contributed by atoms with E-state index in [4.69, 9.17) is 4.74 Å². The molecule has 0 unspecified atom stereocenters. The highest BCUT2D eigenvalue weighted by Gasteiger charge is 2.31. The van der Waals surface area contributed by atoms with Crippen LogP contribution in [0.4, 0.5) is 0 Å². The van der Waals surface area contributed by atoms with Gasteiger partial charge in [-0.1, -0.05) is 19.9 Å². The minimum Gasteiger partial charge on any atom is -0.393 e. The van der Waals surface area contributed by atoms with E-state index in [1.54, 1.807) is 7.11 Å². The molecule has 0 bridgehead atoms. The molecule has 2 nitrogen and oxygen atoms in total. The van der Waals surface area contributed by atoms with Crippen LogP contribution < -0.4 is 0 Å². The Balaban J connectivity index is 4.24. The number of rotatable bonds is 6. The van der Waals surface area contributed by atoms with Crippen LogP contribution in [0.1, 0.15) is 26.7 Å². The van der Waals surface area contributed by atoms with Gasteiger partial charge in [0.2, 0.25) is 0 Å². The molecule has 0 saturated heterocycles. The van der Waals surface area contributed by atoms with E-state index in [1.165, 1.54) is 0 Å². The molecule has 72 valence electrons. The van der Waals surface area contributed by atoms with Crippen molar-refractivity contribution in [2.75, 3.05) is 13.7 Å². The van der Waals surface area contributed by atoms with Crippen molar-refractivity contribution < 1.29 is 9.84 Å². The van der Waals surface area contributed by atoms with Gasteiger partial charge in [0.1, 0.15) is 0 Å². The summed E-state index contributed by atoms with van der Waals surface area (Å²) >= 11 is 0. The molecule has 0 aliphatic rings. The fourth-order valence-electron chi connectivity index (χ4n) is 1.30. The molecule has 0 spiro atoms. The van der Waals surface area contributed by atoms with Gasteiger partial charge in [-0.05, 0) is 18.8 Å². The van der Waals surface area contributed by atoms with Crippen molar-refractivity contribution in [2.45, 2.75) is 32.3 Å². The third-order valence-electron chi connectivity index (χ3n) is 2.50. The fraction of sp³-hybridized carbons (Fsp3) is 0.800. The van der Waals surface area contributed by atoms with Gasteiger partial charge < -0.3 is 9.84 Å². The van der Waals surface area contributed by atoms with E-state index < -0.39 is 0 Å². The number of allylic oxidation sites excluding steroid dienone is 1. The highest BCUT2D eigenvalue weighted by molar-refractivity contribution is 4.85. The summed E-state index contributed by atoms with van der Waals surface area (Å²) in [6, 6.07) is 0. The highest BCUT2D eigenvalue weighted by Crippen LogP contribution is 2.26. The lowest BCUT2D eigenvalue weighted by Crippen LogP contribution is -2.41. The van der Waals surface area contributed by atoms with E-state index in [9.17, 15) is 5.11 Å². The van der Waals surface area contributed by atoms with Gasteiger partial charge in [0.05, 0.1) is 12.2 Å². The van der Waals surface area contributed by atoms with Crippen molar-refractivity contribution >= 4 is 0 Å². The molecule has 1 atom stereocenters. The van der Waals surface area contributed by atoms with Crippen molar-refractivity contribution in [1.82, 2.24) is 0 Å². The standard InChI is InChI=1S/C10H20O2/c1-5-6-7-10(8-11,12-4)9(2)3/h5,9,11H,1,6-8H2,2-4H3/t10-/m1/s1. The summed E-state index contributed by atoms with van der Waals surface area (Å²) in [7, 11) is 1.65.